The van der Waals surface area contributed by atoms with Gasteiger partial charge in [0.1, 0.15) is 0 Å². The van der Waals surface area contributed by atoms with E-state index in [0.717, 1.165) is 44.4 Å². The molecule has 2 aliphatic heterocycles. The molecule has 148 valence electrons. The quantitative estimate of drug-likeness (QED) is 0.633. The molecule has 0 radical (unpaired) electrons. The molecular weight excluding hydrogens is 363 g/mol. The third-order valence-corrected chi connectivity index (χ3v) is 6.29. The van der Waals surface area contributed by atoms with Crippen molar-refractivity contribution in [1.29, 1.82) is 0 Å². The molecule has 2 nitrogen and oxygen atoms in total. The molecule has 4 rings (SSSR count). The van der Waals surface area contributed by atoms with Crippen LogP contribution in [0.1, 0.15) is 52.7 Å². The highest BCUT2D eigenvalue weighted by Gasteiger charge is 2.43. The Bertz CT molecular complexity index is 848. The molecule has 0 aromatic heterocycles. The van der Waals surface area contributed by atoms with Crippen LogP contribution in [0.4, 0.5) is 13.2 Å². The van der Waals surface area contributed by atoms with E-state index in [0.29, 0.717) is 17.6 Å². The summed E-state index contributed by atoms with van der Waals surface area (Å²) >= 11 is 0. The van der Waals surface area contributed by atoms with Crippen LogP contribution in [0.3, 0.4) is 0 Å². The lowest BCUT2D eigenvalue weighted by Crippen LogP contribution is -2.44. The van der Waals surface area contributed by atoms with E-state index in [2.05, 4.69) is 17.0 Å². The number of carbonyl (C=O) groups is 1. The number of Topliss-reactive ketones (excluding diaryl/α,β-unsaturated/α-hetero) is 1. The van der Waals surface area contributed by atoms with Crippen molar-refractivity contribution >= 4 is 5.78 Å². The number of benzene rings is 2. The second-order valence-corrected chi connectivity index (χ2v) is 8.10. The second-order valence-electron chi connectivity index (χ2n) is 8.10. The standard InChI is InChI=1S/C23H24F3NO/c1-15-7-8-18(23(24,25)26)13-21(15)22(28)17-11-19-9-10-20(12-17)27(19)14-16-5-3-2-4-6-16/h2-8,13,17,19-20H,9-12,14H2,1H3. The van der Waals surface area contributed by atoms with Crippen LogP contribution in [0.2, 0.25) is 0 Å². The van der Waals surface area contributed by atoms with Crippen molar-refractivity contribution in [3.05, 3.63) is 70.8 Å². The van der Waals surface area contributed by atoms with Crippen LogP contribution in [0.15, 0.2) is 48.5 Å². The van der Waals surface area contributed by atoms with Gasteiger partial charge in [0.25, 0.3) is 0 Å². The first-order valence-electron chi connectivity index (χ1n) is 9.84. The van der Waals surface area contributed by atoms with Crippen molar-refractivity contribution in [3.8, 4) is 0 Å². The van der Waals surface area contributed by atoms with E-state index in [1.165, 1.54) is 11.6 Å². The number of hydrogen-bond acceptors (Lipinski definition) is 2. The monoisotopic (exact) mass is 387 g/mol. The zero-order valence-electron chi connectivity index (χ0n) is 15.9. The van der Waals surface area contributed by atoms with Crippen molar-refractivity contribution in [3.63, 3.8) is 0 Å². The van der Waals surface area contributed by atoms with E-state index in [9.17, 15) is 18.0 Å². The maximum Gasteiger partial charge on any atom is 0.416 e. The fourth-order valence-corrected chi connectivity index (χ4v) is 4.82. The Labute approximate surface area is 163 Å². The lowest BCUT2D eigenvalue weighted by Gasteiger charge is -2.38. The highest BCUT2D eigenvalue weighted by molar-refractivity contribution is 5.99. The Morgan fingerprint density at radius 3 is 2.29 bits per heavy atom. The van der Waals surface area contributed by atoms with Crippen LogP contribution in [0.25, 0.3) is 0 Å². The van der Waals surface area contributed by atoms with Gasteiger partial charge in [0, 0.05) is 30.1 Å². The first-order valence-corrected chi connectivity index (χ1v) is 9.84. The summed E-state index contributed by atoms with van der Waals surface area (Å²) in [6, 6.07) is 14.5. The Morgan fingerprint density at radius 2 is 1.68 bits per heavy atom. The molecule has 2 aliphatic rings. The lowest BCUT2D eigenvalue weighted by atomic mass is 9.83. The van der Waals surface area contributed by atoms with Crippen LogP contribution in [-0.2, 0) is 12.7 Å². The number of aryl methyl sites for hydroxylation is 1. The smallest absolute Gasteiger partial charge is 0.294 e. The minimum Gasteiger partial charge on any atom is -0.294 e. The van der Waals surface area contributed by atoms with Gasteiger partial charge in [-0.15, -0.1) is 0 Å². The molecule has 2 atom stereocenters. The van der Waals surface area contributed by atoms with E-state index < -0.39 is 11.7 Å². The first-order chi connectivity index (χ1) is 13.3. The van der Waals surface area contributed by atoms with Gasteiger partial charge >= 0.3 is 6.18 Å². The van der Waals surface area contributed by atoms with Crippen LogP contribution in [0.5, 0.6) is 0 Å². The Balaban J connectivity index is 1.51. The summed E-state index contributed by atoms with van der Waals surface area (Å²) in [7, 11) is 0. The van der Waals surface area contributed by atoms with E-state index >= 15 is 0 Å². The SMILES string of the molecule is Cc1ccc(C(F)(F)F)cc1C(=O)C1CC2CCC(C1)N2Cc1ccccc1. The molecule has 2 heterocycles. The number of ketones is 1. The average molecular weight is 387 g/mol. The molecule has 0 N–H and O–H groups in total. The number of fused-ring (bicyclic) bond motifs is 2. The van der Waals surface area contributed by atoms with Gasteiger partial charge in [-0.3, -0.25) is 9.69 Å². The summed E-state index contributed by atoms with van der Waals surface area (Å²) in [4.78, 5) is 15.6. The molecule has 2 aromatic carbocycles. The van der Waals surface area contributed by atoms with Crippen molar-refractivity contribution < 1.29 is 18.0 Å². The molecule has 2 bridgehead atoms. The fourth-order valence-electron chi connectivity index (χ4n) is 4.82. The minimum atomic E-state index is -4.43. The zero-order valence-corrected chi connectivity index (χ0v) is 15.9. The van der Waals surface area contributed by atoms with E-state index in [-0.39, 0.29) is 17.3 Å². The van der Waals surface area contributed by atoms with E-state index in [1.54, 1.807) is 6.92 Å². The normalized spacial score (nSPS) is 25.1. The van der Waals surface area contributed by atoms with Crippen molar-refractivity contribution in [2.75, 3.05) is 0 Å². The average Bonchev–Trinajstić information content (AvgIpc) is 2.89. The maximum absolute atomic E-state index is 13.1. The maximum atomic E-state index is 13.1. The summed E-state index contributed by atoms with van der Waals surface area (Å²) in [5.41, 5.74) is 1.37. The molecule has 0 amide bonds. The topological polar surface area (TPSA) is 20.3 Å². The van der Waals surface area contributed by atoms with Gasteiger partial charge in [-0.1, -0.05) is 36.4 Å². The number of nitrogens with zero attached hydrogens (tertiary/aromatic N) is 1. The van der Waals surface area contributed by atoms with Crippen LogP contribution < -0.4 is 0 Å². The van der Waals surface area contributed by atoms with Crippen molar-refractivity contribution in [2.24, 2.45) is 5.92 Å². The van der Waals surface area contributed by atoms with Crippen molar-refractivity contribution in [2.45, 2.75) is 57.4 Å². The molecule has 2 aromatic rings. The highest BCUT2D eigenvalue weighted by Crippen LogP contribution is 2.41. The van der Waals surface area contributed by atoms with Gasteiger partial charge in [-0.25, -0.2) is 0 Å². The fraction of sp³-hybridized carbons (Fsp3) is 0.435. The number of alkyl halides is 3. The zero-order chi connectivity index (χ0) is 19.9. The summed E-state index contributed by atoms with van der Waals surface area (Å²) in [6.45, 7) is 2.59. The van der Waals surface area contributed by atoms with Crippen molar-refractivity contribution in [1.82, 2.24) is 4.90 Å². The number of carbonyl (C=O) groups excluding carboxylic acids is 1. The molecule has 2 fully saturated rings. The summed E-state index contributed by atoms with van der Waals surface area (Å²) in [5.74, 6) is -0.313. The van der Waals surface area contributed by atoms with E-state index in [4.69, 9.17) is 0 Å². The van der Waals surface area contributed by atoms with Gasteiger partial charge in [0.2, 0.25) is 0 Å². The predicted molar refractivity (Wildman–Crippen MR) is 102 cm³/mol. The third kappa shape index (κ3) is 3.72. The number of rotatable bonds is 4. The Morgan fingerprint density at radius 1 is 1.04 bits per heavy atom. The second kappa shape index (κ2) is 7.36. The van der Waals surface area contributed by atoms with Crippen LogP contribution in [-0.4, -0.2) is 22.8 Å². The van der Waals surface area contributed by atoms with Crippen LogP contribution in [0, 0.1) is 12.8 Å². The van der Waals surface area contributed by atoms with Gasteiger partial charge in [0.15, 0.2) is 5.78 Å². The van der Waals surface area contributed by atoms with Gasteiger partial charge in [-0.2, -0.15) is 13.2 Å². The molecule has 28 heavy (non-hydrogen) atoms. The molecule has 0 spiro atoms. The third-order valence-electron chi connectivity index (χ3n) is 6.29. The van der Waals surface area contributed by atoms with Gasteiger partial charge in [0.05, 0.1) is 5.56 Å². The Kier molecular flexibility index (Phi) is 5.04. The van der Waals surface area contributed by atoms with Gasteiger partial charge in [-0.05, 0) is 55.9 Å². The number of halogens is 3. The number of piperidine rings is 1. The summed E-state index contributed by atoms with van der Waals surface area (Å²) < 4.78 is 39.2. The number of hydrogen-bond donors (Lipinski definition) is 0. The molecule has 2 unspecified atom stereocenters. The predicted octanol–water partition coefficient (Wildman–Crippen LogP) is 5.64. The largest absolute Gasteiger partial charge is 0.416 e. The molecule has 2 saturated heterocycles. The molecule has 5 heteroatoms. The summed E-state index contributed by atoms with van der Waals surface area (Å²) in [6.07, 6.45) is -0.845. The molecular formula is C23H24F3NO. The first kappa shape index (κ1) is 19.2. The van der Waals surface area contributed by atoms with Gasteiger partial charge < -0.3 is 0 Å². The minimum absolute atomic E-state index is 0.125. The molecule has 0 saturated carbocycles. The Hall–Kier alpha value is -2.14. The van der Waals surface area contributed by atoms with E-state index in [1.807, 2.05) is 18.2 Å². The summed E-state index contributed by atoms with van der Waals surface area (Å²) in [5, 5.41) is 0. The molecule has 0 aliphatic carbocycles. The van der Waals surface area contributed by atoms with Crippen LogP contribution >= 0.6 is 0 Å². The highest BCUT2D eigenvalue weighted by atomic mass is 19.4. The lowest BCUT2D eigenvalue weighted by molar-refractivity contribution is -0.137.